The quantitative estimate of drug-likeness (QED) is 0.519. The highest BCUT2D eigenvalue weighted by Crippen LogP contribution is 2.64. The standard InChI is InChI=1S/C28H38O2/c1-5-19-8-13-26(30-27(19)29)18(3)24-11-12-25-23-10-7-20-16-17(2)6-9-21(20)22(23)14-15-28(24,25)4/h6,8-9,16,18,22-26H,5,7,10-15H2,1-4H3/t18-,22+,23+,24+,25-,26+,28+/m0/s1. The van der Waals surface area contributed by atoms with Gasteiger partial charge in [0.1, 0.15) is 6.10 Å². The highest BCUT2D eigenvalue weighted by atomic mass is 16.5. The minimum absolute atomic E-state index is 0.0665. The zero-order valence-corrected chi connectivity index (χ0v) is 19.2. The number of rotatable bonds is 3. The van der Waals surface area contributed by atoms with Crippen LogP contribution in [0.2, 0.25) is 0 Å². The summed E-state index contributed by atoms with van der Waals surface area (Å²) >= 11 is 0. The first-order valence-electron chi connectivity index (χ1n) is 12.4. The molecule has 2 heteroatoms. The molecule has 1 aromatic carbocycles. The second-order valence-electron chi connectivity index (χ2n) is 11.0. The topological polar surface area (TPSA) is 26.3 Å². The van der Waals surface area contributed by atoms with E-state index in [4.69, 9.17) is 4.74 Å². The fourth-order valence-corrected chi connectivity index (χ4v) is 8.09. The molecule has 4 aliphatic rings. The number of aryl methyl sites for hydroxylation is 2. The van der Waals surface area contributed by atoms with Crippen molar-refractivity contribution in [2.45, 2.75) is 91.1 Å². The van der Waals surface area contributed by atoms with Crippen molar-refractivity contribution in [2.24, 2.45) is 29.1 Å². The normalized spacial score (nSPS) is 38.7. The van der Waals surface area contributed by atoms with Crippen LogP contribution in [0.15, 0.2) is 29.8 Å². The van der Waals surface area contributed by atoms with E-state index in [-0.39, 0.29) is 12.1 Å². The van der Waals surface area contributed by atoms with Gasteiger partial charge in [0.2, 0.25) is 0 Å². The summed E-state index contributed by atoms with van der Waals surface area (Å²) in [7, 11) is 0. The lowest BCUT2D eigenvalue weighted by Crippen LogP contribution is -2.45. The van der Waals surface area contributed by atoms with Crippen LogP contribution in [0.25, 0.3) is 0 Å². The van der Waals surface area contributed by atoms with E-state index in [1.807, 2.05) is 6.92 Å². The molecule has 0 bridgehead atoms. The van der Waals surface area contributed by atoms with Gasteiger partial charge in [-0.25, -0.2) is 4.79 Å². The zero-order valence-electron chi connectivity index (χ0n) is 19.2. The number of hydrogen-bond donors (Lipinski definition) is 0. The fraction of sp³-hybridized carbons (Fsp3) is 0.679. The third-order valence-corrected chi connectivity index (χ3v) is 9.67. The summed E-state index contributed by atoms with van der Waals surface area (Å²) < 4.78 is 5.95. The molecule has 0 spiro atoms. The van der Waals surface area contributed by atoms with Gasteiger partial charge < -0.3 is 4.74 Å². The van der Waals surface area contributed by atoms with E-state index < -0.39 is 0 Å². The number of cyclic esters (lactones) is 1. The predicted molar refractivity (Wildman–Crippen MR) is 121 cm³/mol. The van der Waals surface area contributed by atoms with Gasteiger partial charge in [-0.15, -0.1) is 0 Å². The van der Waals surface area contributed by atoms with E-state index in [0.29, 0.717) is 17.3 Å². The Bertz CT molecular complexity index is 867. The SMILES string of the molecule is CCC1=CC[C@H]([C@@H](C)[C@H]2CC[C@H]3[C@@H]4CCc5cc(C)ccc5[C@H]4CC[C@]23C)OC1=O. The van der Waals surface area contributed by atoms with Gasteiger partial charge in [0.25, 0.3) is 0 Å². The van der Waals surface area contributed by atoms with Crippen molar-refractivity contribution < 1.29 is 9.53 Å². The number of fused-ring (bicyclic) bond motifs is 5. The number of hydrogen-bond acceptors (Lipinski definition) is 2. The van der Waals surface area contributed by atoms with Crippen molar-refractivity contribution >= 4 is 5.97 Å². The number of carbonyl (C=O) groups excluding carboxylic acids is 1. The Labute approximate surface area is 182 Å². The van der Waals surface area contributed by atoms with Gasteiger partial charge in [0.05, 0.1) is 0 Å². The van der Waals surface area contributed by atoms with Crippen LogP contribution >= 0.6 is 0 Å². The maximum atomic E-state index is 12.4. The molecule has 0 amide bonds. The van der Waals surface area contributed by atoms with Gasteiger partial charge >= 0.3 is 5.97 Å². The van der Waals surface area contributed by atoms with Crippen molar-refractivity contribution in [3.05, 3.63) is 46.5 Å². The summed E-state index contributed by atoms with van der Waals surface area (Å²) in [5.74, 6) is 3.51. The van der Waals surface area contributed by atoms with Crippen LogP contribution in [-0.4, -0.2) is 12.1 Å². The monoisotopic (exact) mass is 406 g/mol. The Kier molecular flexibility index (Phi) is 5.11. The molecule has 0 aromatic heterocycles. The van der Waals surface area contributed by atoms with Crippen LogP contribution in [0.1, 0.15) is 88.3 Å². The van der Waals surface area contributed by atoms with E-state index in [9.17, 15) is 4.79 Å². The van der Waals surface area contributed by atoms with E-state index in [1.54, 1.807) is 11.1 Å². The fourth-order valence-electron chi connectivity index (χ4n) is 8.09. The Hall–Kier alpha value is -1.57. The molecule has 30 heavy (non-hydrogen) atoms. The minimum atomic E-state index is -0.0665. The molecule has 1 aromatic rings. The maximum absolute atomic E-state index is 12.4. The highest BCUT2D eigenvalue weighted by molar-refractivity contribution is 5.89. The lowest BCUT2D eigenvalue weighted by molar-refractivity contribution is -0.151. The molecule has 2 saturated carbocycles. The van der Waals surface area contributed by atoms with Crippen LogP contribution in [0.5, 0.6) is 0 Å². The van der Waals surface area contributed by atoms with Gasteiger partial charge in [0.15, 0.2) is 0 Å². The van der Waals surface area contributed by atoms with Crippen LogP contribution in [0.4, 0.5) is 0 Å². The van der Waals surface area contributed by atoms with Crippen molar-refractivity contribution in [2.75, 3.05) is 0 Å². The third kappa shape index (κ3) is 3.09. The molecule has 7 atom stereocenters. The van der Waals surface area contributed by atoms with Gasteiger partial charge in [0, 0.05) is 12.0 Å². The van der Waals surface area contributed by atoms with Crippen molar-refractivity contribution in [3.8, 4) is 0 Å². The van der Waals surface area contributed by atoms with Crippen LogP contribution in [0, 0.1) is 36.0 Å². The molecule has 0 saturated heterocycles. The molecule has 5 rings (SSSR count). The summed E-state index contributed by atoms with van der Waals surface area (Å²) in [5, 5.41) is 0. The molecule has 3 aliphatic carbocycles. The molecule has 1 aliphatic heterocycles. The van der Waals surface area contributed by atoms with Crippen molar-refractivity contribution in [3.63, 3.8) is 0 Å². The molecule has 0 unspecified atom stereocenters. The van der Waals surface area contributed by atoms with Gasteiger partial charge in [-0.05, 0) is 98.0 Å². The maximum Gasteiger partial charge on any atom is 0.333 e. The Morgan fingerprint density at radius 3 is 2.80 bits per heavy atom. The summed E-state index contributed by atoms with van der Waals surface area (Å²) in [6.07, 6.45) is 11.9. The highest BCUT2D eigenvalue weighted by Gasteiger charge is 2.56. The van der Waals surface area contributed by atoms with E-state index >= 15 is 0 Å². The molecule has 0 N–H and O–H groups in total. The van der Waals surface area contributed by atoms with E-state index in [1.165, 1.54) is 44.1 Å². The summed E-state index contributed by atoms with van der Waals surface area (Å²) in [4.78, 5) is 12.4. The lowest BCUT2D eigenvalue weighted by Gasteiger charge is -2.52. The summed E-state index contributed by atoms with van der Waals surface area (Å²) in [5.41, 5.74) is 5.96. The van der Waals surface area contributed by atoms with E-state index in [2.05, 4.69) is 45.0 Å². The molecular weight excluding hydrogens is 368 g/mol. The Balaban J connectivity index is 1.36. The second-order valence-corrected chi connectivity index (χ2v) is 11.0. The van der Waals surface area contributed by atoms with Crippen molar-refractivity contribution in [1.29, 1.82) is 0 Å². The largest absolute Gasteiger partial charge is 0.458 e. The Morgan fingerprint density at radius 1 is 1.20 bits per heavy atom. The van der Waals surface area contributed by atoms with Gasteiger partial charge in [-0.2, -0.15) is 0 Å². The van der Waals surface area contributed by atoms with Crippen LogP contribution in [-0.2, 0) is 16.0 Å². The molecular formula is C28H38O2. The molecule has 0 radical (unpaired) electrons. The predicted octanol–water partition coefficient (Wildman–Crippen LogP) is 6.76. The van der Waals surface area contributed by atoms with Crippen LogP contribution in [0.3, 0.4) is 0 Å². The average Bonchev–Trinajstić information content (AvgIpc) is 3.10. The zero-order chi connectivity index (χ0) is 21.0. The number of ether oxygens (including phenoxy) is 1. The molecule has 162 valence electrons. The first-order chi connectivity index (χ1) is 14.4. The first-order valence-corrected chi connectivity index (χ1v) is 12.4. The first kappa shape index (κ1) is 20.3. The summed E-state index contributed by atoms with van der Waals surface area (Å²) in [6, 6.07) is 7.21. The van der Waals surface area contributed by atoms with Crippen molar-refractivity contribution in [1.82, 2.24) is 0 Å². The number of benzene rings is 1. The summed E-state index contributed by atoms with van der Waals surface area (Å²) in [6.45, 7) is 9.22. The number of esters is 1. The van der Waals surface area contributed by atoms with Gasteiger partial charge in [-0.3, -0.25) is 0 Å². The third-order valence-electron chi connectivity index (χ3n) is 9.67. The lowest BCUT2D eigenvalue weighted by atomic mass is 9.53. The number of carbonyl (C=O) groups is 1. The second kappa shape index (κ2) is 7.53. The van der Waals surface area contributed by atoms with Gasteiger partial charge in [-0.1, -0.05) is 50.6 Å². The van der Waals surface area contributed by atoms with E-state index in [0.717, 1.165) is 36.2 Å². The van der Waals surface area contributed by atoms with Crippen LogP contribution < -0.4 is 0 Å². The molecule has 2 nitrogen and oxygen atoms in total. The smallest absolute Gasteiger partial charge is 0.333 e. The Morgan fingerprint density at radius 2 is 2.03 bits per heavy atom. The molecule has 1 heterocycles. The average molecular weight is 407 g/mol. The molecule has 2 fully saturated rings. The minimum Gasteiger partial charge on any atom is -0.458 e.